The smallest absolute Gasteiger partial charge is 0.408 e. The van der Waals surface area contributed by atoms with Crippen molar-refractivity contribution in [2.75, 3.05) is 7.11 Å². The molecule has 3 aromatic carbocycles. The fourth-order valence-electron chi connectivity index (χ4n) is 3.83. The molecule has 0 spiro atoms. The number of amides is 2. The molecule has 1 atom stereocenters. The van der Waals surface area contributed by atoms with Crippen molar-refractivity contribution < 1.29 is 23.8 Å². The Morgan fingerprint density at radius 3 is 2.58 bits per heavy atom. The van der Waals surface area contributed by atoms with Crippen molar-refractivity contribution in [1.29, 1.82) is 0 Å². The molecular formula is C30H31N5O5. The standard InChI is InChI=1S/C30H31N5O5/c1-21-7-6-10-24(13-21)19-39-27-12-11-23(14-28(27)38-2)16-33-35-29(36)26(15-25-17-31-20-32-25)34-30(37)40-18-22-8-4-3-5-9-22/h3-14,16-17,20,26H,15,18-19H2,1-2H3,(H,31,32)(H,34,37)(H,35,36)/b33-16-/t26-/m0/s1. The van der Waals surface area contributed by atoms with Crippen molar-refractivity contribution in [2.45, 2.75) is 32.6 Å². The zero-order valence-electron chi connectivity index (χ0n) is 22.3. The number of ether oxygens (including phenoxy) is 3. The quantitative estimate of drug-likeness (QED) is 0.181. The summed E-state index contributed by atoms with van der Waals surface area (Å²) < 4.78 is 16.7. The van der Waals surface area contributed by atoms with Gasteiger partial charge in [-0.1, -0.05) is 60.2 Å². The van der Waals surface area contributed by atoms with Gasteiger partial charge in [-0.25, -0.2) is 15.2 Å². The van der Waals surface area contributed by atoms with Gasteiger partial charge in [0.1, 0.15) is 19.3 Å². The number of hydrogen-bond donors (Lipinski definition) is 3. The molecule has 0 saturated carbocycles. The number of H-pyrrole nitrogens is 1. The normalized spacial score (nSPS) is 11.6. The van der Waals surface area contributed by atoms with Crippen molar-refractivity contribution in [3.05, 3.63) is 113 Å². The Balaban J connectivity index is 1.35. The van der Waals surface area contributed by atoms with E-state index in [0.717, 1.165) is 16.7 Å². The highest BCUT2D eigenvalue weighted by molar-refractivity contribution is 5.87. The third kappa shape index (κ3) is 8.45. The molecule has 0 fully saturated rings. The lowest BCUT2D eigenvalue weighted by atomic mass is 10.1. The van der Waals surface area contributed by atoms with Gasteiger partial charge in [0.05, 0.1) is 19.7 Å². The monoisotopic (exact) mass is 541 g/mol. The van der Waals surface area contributed by atoms with Crippen LogP contribution in [0.2, 0.25) is 0 Å². The topological polar surface area (TPSA) is 127 Å². The highest BCUT2D eigenvalue weighted by Gasteiger charge is 2.22. The van der Waals surface area contributed by atoms with Crippen molar-refractivity contribution in [1.82, 2.24) is 20.7 Å². The van der Waals surface area contributed by atoms with E-state index in [1.165, 1.54) is 12.5 Å². The number of alkyl carbamates (subject to hydrolysis) is 1. The van der Waals surface area contributed by atoms with E-state index in [9.17, 15) is 9.59 Å². The van der Waals surface area contributed by atoms with E-state index in [-0.39, 0.29) is 13.0 Å². The molecule has 2 amide bonds. The Hall–Kier alpha value is -5.12. The maximum atomic E-state index is 12.9. The minimum Gasteiger partial charge on any atom is -0.493 e. The number of benzene rings is 3. The molecular weight excluding hydrogens is 510 g/mol. The molecule has 1 heterocycles. The molecule has 0 unspecified atom stereocenters. The average molecular weight is 542 g/mol. The molecule has 10 heteroatoms. The molecule has 0 aliphatic carbocycles. The Bertz CT molecular complexity index is 1420. The van der Waals surface area contributed by atoms with Gasteiger partial charge in [0.15, 0.2) is 11.5 Å². The minimum absolute atomic E-state index is 0.0791. The first-order chi connectivity index (χ1) is 19.5. The number of carbonyl (C=O) groups is 2. The fraction of sp³-hybridized carbons (Fsp3) is 0.200. The molecule has 0 aliphatic rings. The second-order valence-electron chi connectivity index (χ2n) is 8.96. The van der Waals surface area contributed by atoms with E-state index in [1.807, 2.05) is 55.5 Å². The Labute approximate surface area is 232 Å². The summed E-state index contributed by atoms with van der Waals surface area (Å²) >= 11 is 0. The summed E-state index contributed by atoms with van der Waals surface area (Å²) in [5.74, 6) is 0.596. The van der Waals surface area contributed by atoms with Crippen LogP contribution in [0.5, 0.6) is 11.5 Å². The number of nitrogens with one attached hydrogen (secondary N) is 3. The molecule has 1 aromatic heterocycles. The lowest BCUT2D eigenvalue weighted by Gasteiger charge is -2.16. The van der Waals surface area contributed by atoms with Gasteiger partial charge in [-0.05, 0) is 41.8 Å². The summed E-state index contributed by atoms with van der Waals surface area (Å²) in [5.41, 5.74) is 6.87. The van der Waals surface area contributed by atoms with Crippen LogP contribution in [-0.2, 0) is 29.2 Å². The Kier molecular flexibility index (Phi) is 9.87. The van der Waals surface area contributed by atoms with Crippen LogP contribution >= 0.6 is 0 Å². The largest absolute Gasteiger partial charge is 0.493 e. The van der Waals surface area contributed by atoms with Gasteiger partial charge in [0, 0.05) is 18.3 Å². The summed E-state index contributed by atoms with van der Waals surface area (Å²) in [7, 11) is 1.56. The number of methoxy groups -OCH3 is 1. The van der Waals surface area contributed by atoms with E-state index in [2.05, 4.69) is 31.9 Å². The van der Waals surface area contributed by atoms with Crippen LogP contribution in [0.4, 0.5) is 4.79 Å². The predicted octanol–water partition coefficient (Wildman–Crippen LogP) is 4.29. The summed E-state index contributed by atoms with van der Waals surface area (Å²) in [6, 6.07) is 21.7. The van der Waals surface area contributed by atoms with Crippen LogP contribution < -0.4 is 20.2 Å². The molecule has 4 aromatic rings. The van der Waals surface area contributed by atoms with Gasteiger partial charge < -0.3 is 24.5 Å². The maximum absolute atomic E-state index is 12.9. The molecule has 4 rings (SSSR count). The van der Waals surface area contributed by atoms with Crippen molar-refractivity contribution in [3.63, 3.8) is 0 Å². The van der Waals surface area contributed by atoms with E-state index in [4.69, 9.17) is 14.2 Å². The van der Waals surface area contributed by atoms with Gasteiger partial charge in [-0.2, -0.15) is 5.10 Å². The van der Waals surface area contributed by atoms with Crippen molar-refractivity contribution in [3.8, 4) is 11.5 Å². The van der Waals surface area contributed by atoms with E-state index >= 15 is 0 Å². The zero-order chi connectivity index (χ0) is 28.2. The highest BCUT2D eigenvalue weighted by Crippen LogP contribution is 2.28. The Morgan fingerprint density at radius 2 is 1.82 bits per heavy atom. The lowest BCUT2D eigenvalue weighted by molar-refractivity contribution is -0.123. The number of carbonyl (C=O) groups excluding carboxylic acids is 2. The molecule has 0 saturated heterocycles. The SMILES string of the molecule is COc1cc(/C=N\NC(=O)[C@H](Cc2cnc[nH]2)NC(=O)OCc2ccccc2)ccc1OCc1cccc(C)c1. The first-order valence-corrected chi connectivity index (χ1v) is 12.6. The molecule has 40 heavy (non-hydrogen) atoms. The van der Waals surface area contributed by atoms with Gasteiger partial charge in [-0.15, -0.1) is 0 Å². The lowest BCUT2D eigenvalue weighted by Crippen LogP contribution is -2.47. The van der Waals surface area contributed by atoms with Gasteiger partial charge >= 0.3 is 6.09 Å². The second-order valence-corrected chi connectivity index (χ2v) is 8.96. The minimum atomic E-state index is -0.951. The van der Waals surface area contributed by atoms with Crippen LogP contribution in [0, 0.1) is 6.92 Å². The number of aromatic amines is 1. The predicted molar refractivity (Wildman–Crippen MR) is 150 cm³/mol. The fourth-order valence-corrected chi connectivity index (χ4v) is 3.83. The first-order valence-electron chi connectivity index (χ1n) is 12.6. The third-order valence-electron chi connectivity index (χ3n) is 5.85. The number of hydrogen-bond acceptors (Lipinski definition) is 7. The van der Waals surface area contributed by atoms with Crippen LogP contribution in [-0.4, -0.2) is 41.3 Å². The number of rotatable bonds is 12. The summed E-state index contributed by atoms with van der Waals surface area (Å²) in [4.78, 5) is 32.2. The molecule has 0 radical (unpaired) electrons. The number of aromatic nitrogens is 2. The summed E-state index contributed by atoms with van der Waals surface area (Å²) in [5, 5.41) is 6.66. The Morgan fingerprint density at radius 1 is 1.00 bits per heavy atom. The number of hydrazone groups is 1. The number of imidazole rings is 1. The molecule has 0 bridgehead atoms. The zero-order valence-corrected chi connectivity index (χ0v) is 22.3. The van der Waals surface area contributed by atoms with Crippen molar-refractivity contribution in [2.24, 2.45) is 5.10 Å². The average Bonchev–Trinajstić information content (AvgIpc) is 3.48. The van der Waals surface area contributed by atoms with Gasteiger partial charge in [0.25, 0.3) is 5.91 Å². The van der Waals surface area contributed by atoms with Crippen LogP contribution in [0.1, 0.15) is 27.9 Å². The van der Waals surface area contributed by atoms with E-state index in [1.54, 1.807) is 31.5 Å². The van der Waals surface area contributed by atoms with E-state index in [0.29, 0.717) is 29.4 Å². The van der Waals surface area contributed by atoms with E-state index < -0.39 is 18.0 Å². The van der Waals surface area contributed by atoms with Gasteiger partial charge in [-0.3, -0.25) is 4.79 Å². The molecule has 3 N–H and O–H groups in total. The second kappa shape index (κ2) is 14.1. The highest BCUT2D eigenvalue weighted by atomic mass is 16.5. The summed E-state index contributed by atoms with van der Waals surface area (Å²) in [6.07, 6.45) is 4.00. The molecule has 206 valence electrons. The first kappa shape index (κ1) is 27.9. The van der Waals surface area contributed by atoms with Crippen molar-refractivity contribution >= 4 is 18.2 Å². The molecule has 0 aliphatic heterocycles. The van der Waals surface area contributed by atoms with Crippen LogP contribution in [0.3, 0.4) is 0 Å². The molecule has 10 nitrogen and oxygen atoms in total. The maximum Gasteiger partial charge on any atom is 0.408 e. The third-order valence-corrected chi connectivity index (χ3v) is 5.85. The number of aryl methyl sites for hydroxylation is 1. The van der Waals surface area contributed by atoms with Gasteiger partial charge in [0.2, 0.25) is 0 Å². The van der Waals surface area contributed by atoms with Crippen LogP contribution in [0.25, 0.3) is 0 Å². The van der Waals surface area contributed by atoms with Crippen LogP contribution in [0.15, 0.2) is 90.4 Å². The summed E-state index contributed by atoms with van der Waals surface area (Å²) in [6.45, 7) is 2.51. The number of nitrogens with zero attached hydrogens (tertiary/aromatic N) is 2.